The molecule has 3 heterocycles. The summed E-state index contributed by atoms with van der Waals surface area (Å²) in [6.07, 6.45) is 0.491. The Bertz CT molecular complexity index is 1030. The molecule has 28 heavy (non-hydrogen) atoms. The molecule has 3 aromatic rings. The van der Waals surface area contributed by atoms with Crippen LogP contribution in [0.15, 0.2) is 22.1 Å². The van der Waals surface area contributed by atoms with E-state index in [9.17, 15) is 9.90 Å². The van der Waals surface area contributed by atoms with E-state index in [4.69, 9.17) is 19.6 Å². The summed E-state index contributed by atoms with van der Waals surface area (Å²) in [6, 6.07) is 3.64. The number of aliphatic hydroxyl groups excluding tert-OH is 1. The lowest BCUT2D eigenvalue weighted by Gasteiger charge is -2.42. The van der Waals surface area contributed by atoms with Crippen molar-refractivity contribution in [1.29, 1.82) is 0 Å². The molecule has 2 aromatic heterocycles. The number of nitrogens with zero attached hydrogens (tertiary/aromatic N) is 1. The average Bonchev–Trinajstić information content (AvgIpc) is 3.18. The van der Waals surface area contributed by atoms with Gasteiger partial charge in [-0.2, -0.15) is 0 Å². The molecule has 1 amide bonds. The summed E-state index contributed by atoms with van der Waals surface area (Å²) in [5, 5.41) is 10.3. The first-order chi connectivity index (χ1) is 13.5. The lowest BCUT2D eigenvalue weighted by atomic mass is 9.73. The predicted octanol–water partition coefficient (Wildman–Crippen LogP) is 2.83. The van der Waals surface area contributed by atoms with Crippen molar-refractivity contribution in [3.8, 4) is 5.75 Å². The number of carbonyl (C=O) groups excluding carboxylic acids is 1. The minimum Gasteiger partial charge on any atom is -0.488 e. The summed E-state index contributed by atoms with van der Waals surface area (Å²) in [4.78, 5) is 17.5. The van der Waals surface area contributed by atoms with E-state index in [1.165, 1.54) is 11.3 Å². The van der Waals surface area contributed by atoms with Crippen molar-refractivity contribution in [3.63, 3.8) is 0 Å². The van der Waals surface area contributed by atoms with Crippen LogP contribution in [0, 0.1) is 13.8 Å². The SMILES string of the molecule is Cc1ncsc1COc1ccc2oc(C)c(C(N)=O)c2c1C1(CCO)COC1. The van der Waals surface area contributed by atoms with Crippen molar-refractivity contribution in [2.24, 2.45) is 5.73 Å². The Morgan fingerprint density at radius 3 is 2.75 bits per heavy atom. The highest BCUT2D eigenvalue weighted by Gasteiger charge is 2.44. The van der Waals surface area contributed by atoms with E-state index in [-0.39, 0.29) is 6.61 Å². The number of aryl methyl sites for hydroxylation is 2. The van der Waals surface area contributed by atoms with Gasteiger partial charge in [0.25, 0.3) is 5.91 Å². The van der Waals surface area contributed by atoms with E-state index in [1.807, 2.05) is 13.0 Å². The lowest BCUT2D eigenvalue weighted by molar-refractivity contribution is -0.0704. The van der Waals surface area contributed by atoms with Crippen LogP contribution in [0.2, 0.25) is 0 Å². The molecular weight excluding hydrogens is 380 g/mol. The number of hydrogen-bond donors (Lipinski definition) is 2. The van der Waals surface area contributed by atoms with Crippen molar-refractivity contribution in [2.45, 2.75) is 32.3 Å². The largest absolute Gasteiger partial charge is 0.488 e. The van der Waals surface area contributed by atoms with Crippen LogP contribution in [0.25, 0.3) is 11.0 Å². The minimum atomic E-state index is -0.549. The van der Waals surface area contributed by atoms with Crippen molar-refractivity contribution >= 4 is 28.2 Å². The van der Waals surface area contributed by atoms with E-state index in [1.54, 1.807) is 18.5 Å². The van der Waals surface area contributed by atoms with Gasteiger partial charge in [-0.05, 0) is 32.4 Å². The van der Waals surface area contributed by atoms with Gasteiger partial charge in [-0.1, -0.05) is 0 Å². The van der Waals surface area contributed by atoms with Gasteiger partial charge in [0.1, 0.15) is 23.7 Å². The standard InChI is InChI=1S/C20H22N2O5S/c1-11-15(28-10-22-11)7-26-14-4-3-13-17(16(19(21)24)12(2)27-13)18(14)20(5-6-23)8-25-9-20/h3-4,10,23H,5-9H2,1-2H3,(H2,21,24). The molecule has 0 bridgehead atoms. The molecule has 0 atom stereocenters. The van der Waals surface area contributed by atoms with Crippen molar-refractivity contribution in [1.82, 2.24) is 4.98 Å². The number of furan rings is 1. The Hall–Kier alpha value is -2.42. The van der Waals surface area contributed by atoms with E-state index < -0.39 is 11.3 Å². The Morgan fingerprint density at radius 1 is 1.39 bits per heavy atom. The Kier molecular flexibility index (Phi) is 4.86. The maximum absolute atomic E-state index is 12.2. The van der Waals surface area contributed by atoms with Crippen LogP contribution in [0.1, 0.15) is 38.7 Å². The second kappa shape index (κ2) is 7.20. The zero-order valence-corrected chi connectivity index (χ0v) is 16.6. The van der Waals surface area contributed by atoms with Gasteiger partial charge in [0.2, 0.25) is 0 Å². The average molecular weight is 402 g/mol. The van der Waals surface area contributed by atoms with Crippen molar-refractivity contribution < 1.29 is 23.8 Å². The molecule has 0 saturated carbocycles. The zero-order chi connectivity index (χ0) is 19.9. The molecule has 0 spiro atoms. The van der Waals surface area contributed by atoms with E-state index in [2.05, 4.69) is 4.98 Å². The number of benzene rings is 1. The molecule has 148 valence electrons. The Labute approximate surface area is 166 Å². The lowest BCUT2D eigenvalue weighted by Crippen LogP contribution is -2.47. The smallest absolute Gasteiger partial charge is 0.252 e. The molecule has 1 saturated heterocycles. The number of hydrogen-bond acceptors (Lipinski definition) is 7. The van der Waals surface area contributed by atoms with Crippen LogP contribution < -0.4 is 10.5 Å². The number of primary amides is 1. The van der Waals surface area contributed by atoms with Gasteiger partial charge in [0.15, 0.2) is 0 Å². The number of nitrogens with two attached hydrogens (primary N) is 1. The van der Waals surface area contributed by atoms with Gasteiger partial charge in [-0.15, -0.1) is 11.3 Å². The number of fused-ring (bicyclic) bond motifs is 1. The summed E-state index contributed by atoms with van der Waals surface area (Å²) < 4.78 is 17.5. The fourth-order valence-corrected chi connectivity index (χ4v) is 4.51. The van der Waals surface area contributed by atoms with Gasteiger partial charge in [-0.3, -0.25) is 4.79 Å². The van der Waals surface area contributed by atoms with Crippen LogP contribution >= 0.6 is 11.3 Å². The minimum absolute atomic E-state index is 0.00409. The molecule has 0 radical (unpaired) electrons. The third-order valence-corrected chi connectivity index (χ3v) is 6.23. The van der Waals surface area contributed by atoms with Crippen LogP contribution in [0.5, 0.6) is 5.75 Å². The highest BCUT2D eigenvalue weighted by molar-refractivity contribution is 7.09. The van der Waals surface area contributed by atoms with Gasteiger partial charge < -0.3 is 24.7 Å². The predicted molar refractivity (Wildman–Crippen MR) is 105 cm³/mol. The monoisotopic (exact) mass is 402 g/mol. The van der Waals surface area contributed by atoms with Gasteiger partial charge >= 0.3 is 0 Å². The first kappa shape index (κ1) is 18.9. The van der Waals surface area contributed by atoms with Crippen molar-refractivity contribution in [2.75, 3.05) is 19.8 Å². The summed E-state index contributed by atoms with van der Waals surface area (Å²) in [5.74, 6) is 0.561. The van der Waals surface area contributed by atoms with Gasteiger partial charge in [-0.25, -0.2) is 4.98 Å². The van der Waals surface area contributed by atoms with Crippen LogP contribution in [-0.4, -0.2) is 35.8 Å². The molecule has 8 heteroatoms. The second-order valence-corrected chi connectivity index (χ2v) is 8.05. The maximum atomic E-state index is 12.2. The fraction of sp³-hybridized carbons (Fsp3) is 0.400. The molecule has 1 aromatic carbocycles. The molecule has 1 aliphatic heterocycles. The summed E-state index contributed by atoms with van der Waals surface area (Å²) >= 11 is 1.53. The fourth-order valence-electron chi connectivity index (χ4n) is 3.82. The Morgan fingerprint density at radius 2 is 2.18 bits per heavy atom. The highest BCUT2D eigenvalue weighted by atomic mass is 32.1. The van der Waals surface area contributed by atoms with E-state index in [0.717, 1.165) is 16.1 Å². The quantitative estimate of drug-likeness (QED) is 0.629. The van der Waals surface area contributed by atoms with Crippen LogP contribution in [0.3, 0.4) is 0 Å². The summed E-state index contributed by atoms with van der Waals surface area (Å²) in [6.45, 7) is 4.90. The molecule has 4 rings (SSSR count). The maximum Gasteiger partial charge on any atom is 0.252 e. The van der Waals surface area contributed by atoms with Gasteiger partial charge in [0.05, 0.1) is 34.9 Å². The number of rotatable bonds is 7. The Balaban J connectivity index is 1.89. The third-order valence-electron chi connectivity index (χ3n) is 5.32. The first-order valence-electron chi connectivity index (χ1n) is 9.03. The van der Waals surface area contributed by atoms with Crippen LogP contribution in [0.4, 0.5) is 0 Å². The molecule has 0 aliphatic carbocycles. The van der Waals surface area contributed by atoms with Gasteiger partial charge in [0, 0.05) is 23.0 Å². The molecule has 1 aliphatic rings. The topological polar surface area (TPSA) is 108 Å². The highest BCUT2D eigenvalue weighted by Crippen LogP contribution is 2.47. The number of aliphatic hydroxyl groups is 1. The van der Waals surface area contributed by atoms with E-state index in [0.29, 0.717) is 54.3 Å². The normalized spacial score (nSPS) is 15.5. The van der Waals surface area contributed by atoms with Crippen LogP contribution in [-0.2, 0) is 16.8 Å². The van der Waals surface area contributed by atoms with Crippen molar-refractivity contribution in [3.05, 3.63) is 45.1 Å². The molecule has 3 N–H and O–H groups in total. The number of thiazole rings is 1. The number of ether oxygens (including phenoxy) is 2. The zero-order valence-electron chi connectivity index (χ0n) is 15.8. The number of aromatic nitrogens is 1. The summed E-state index contributed by atoms with van der Waals surface area (Å²) in [7, 11) is 0. The molecule has 0 unspecified atom stereocenters. The summed E-state index contributed by atoms with van der Waals surface area (Å²) in [5.41, 5.74) is 9.68. The molecule has 7 nitrogen and oxygen atoms in total. The third kappa shape index (κ3) is 2.97. The van der Waals surface area contributed by atoms with E-state index >= 15 is 0 Å². The molecular formula is C20H22N2O5S. The first-order valence-corrected chi connectivity index (χ1v) is 9.91. The second-order valence-electron chi connectivity index (χ2n) is 7.11. The number of amides is 1. The number of carbonyl (C=O) groups is 1. The molecule has 1 fully saturated rings.